The summed E-state index contributed by atoms with van der Waals surface area (Å²) in [7, 11) is 0. The van der Waals surface area contributed by atoms with Crippen LogP contribution in [-0.2, 0) is 6.42 Å². The third-order valence-electron chi connectivity index (χ3n) is 4.22. The zero-order valence-corrected chi connectivity index (χ0v) is 13.9. The Hall–Kier alpha value is -2.53. The third-order valence-corrected chi connectivity index (χ3v) is 5.48. The van der Waals surface area contributed by atoms with Gasteiger partial charge in [-0.15, -0.1) is 11.3 Å². The standard InChI is InChI=1S/C19H17N3OS/c23-18(13-9-11-20-12-10-13)21-15-7-4-8-16-17(15)24-19(22-16)14-5-2-1-3-6-14/h1-3,5-6,9-12,15H,4,7-8H2,(H,21,23)/t15-/m0/s1. The number of nitrogens with zero attached hydrogens (tertiary/aromatic N) is 2. The van der Waals surface area contributed by atoms with E-state index in [2.05, 4.69) is 22.4 Å². The van der Waals surface area contributed by atoms with Crippen molar-refractivity contribution >= 4 is 17.2 Å². The molecule has 0 saturated carbocycles. The highest BCUT2D eigenvalue weighted by Gasteiger charge is 2.26. The lowest BCUT2D eigenvalue weighted by molar-refractivity contribution is 0.0933. The minimum atomic E-state index is -0.0510. The average molecular weight is 335 g/mol. The fourth-order valence-electron chi connectivity index (χ4n) is 3.01. The molecule has 1 aliphatic rings. The number of fused-ring (bicyclic) bond motifs is 1. The van der Waals surface area contributed by atoms with Crippen molar-refractivity contribution in [2.24, 2.45) is 0 Å². The van der Waals surface area contributed by atoms with Crippen LogP contribution in [0.25, 0.3) is 10.6 Å². The van der Waals surface area contributed by atoms with E-state index in [0.717, 1.165) is 35.5 Å². The predicted octanol–water partition coefficient (Wildman–Crippen LogP) is 4.01. The zero-order valence-electron chi connectivity index (χ0n) is 13.1. The molecule has 4 nitrogen and oxygen atoms in total. The van der Waals surface area contributed by atoms with Gasteiger partial charge in [-0.05, 0) is 31.4 Å². The van der Waals surface area contributed by atoms with E-state index in [1.807, 2.05) is 18.2 Å². The van der Waals surface area contributed by atoms with E-state index >= 15 is 0 Å². The maximum Gasteiger partial charge on any atom is 0.251 e. The van der Waals surface area contributed by atoms with Crippen molar-refractivity contribution in [1.29, 1.82) is 0 Å². The van der Waals surface area contributed by atoms with Crippen molar-refractivity contribution < 1.29 is 4.79 Å². The van der Waals surface area contributed by atoms with Gasteiger partial charge >= 0.3 is 0 Å². The normalized spacial score (nSPS) is 16.4. The Labute approximate surface area is 144 Å². The molecular weight excluding hydrogens is 318 g/mol. The van der Waals surface area contributed by atoms with Gasteiger partial charge in [0.25, 0.3) is 5.91 Å². The predicted molar refractivity (Wildman–Crippen MR) is 94.9 cm³/mol. The SMILES string of the molecule is O=C(N[C@H]1CCCc2nc(-c3ccccc3)sc21)c1ccncc1. The molecule has 0 fully saturated rings. The van der Waals surface area contributed by atoms with Crippen molar-refractivity contribution in [2.45, 2.75) is 25.3 Å². The molecule has 24 heavy (non-hydrogen) atoms. The van der Waals surface area contributed by atoms with Crippen molar-refractivity contribution in [2.75, 3.05) is 0 Å². The number of rotatable bonds is 3. The first-order chi connectivity index (χ1) is 11.8. The molecule has 0 spiro atoms. The lowest BCUT2D eigenvalue weighted by Crippen LogP contribution is -2.30. The fourth-order valence-corrected chi connectivity index (χ4v) is 4.21. The van der Waals surface area contributed by atoms with Crippen molar-refractivity contribution in [1.82, 2.24) is 15.3 Å². The highest BCUT2D eigenvalue weighted by molar-refractivity contribution is 7.15. The van der Waals surface area contributed by atoms with Crippen molar-refractivity contribution in [3.8, 4) is 10.6 Å². The minimum Gasteiger partial charge on any atom is -0.344 e. The molecule has 5 heteroatoms. The monoisotopic (exact) mass is 335 g/mol. The Balaban J connectivity index is 1.60. The number of aromatic nitrogens is 2. The molecule has 4 rings (SSSR count). The first-order valence-corrected chi connectivity index (χ1v) is 8.89. The maximum atomic E-state index is 12.4. The van der Waals surface area contributed by atoms with Crippen LogP contribution in [0, 0.1) is 0 Å². The second kappa shape index (κ2) is 6.53. The Bertz CT molecular complexity index is 846. The summed E-state index contributed by atoms with van der Waals surface area (Å²) in [5.74, 6) is -0.0510. The number of carbonyl (C=O) groups excluding carboxylic acids is 1. The number of pyridine rings is 1. The molecule has 1 aliphatic carbocycles. The van der Waals surface area contributed by atoms with Gasteiger partial charge in [0.15, 0.2) is 0 Å². The van der Waals surface area contributed by atoms with E-state index in [4.69, 9.17) is 4.98 Å². The quantitative estimate of drug-likeness (QED) is 0.787. The van der Waals surface area contributed by atoms with Crippen LogP contribution in [-0.4, -0.2) is 15.9 Å². The number of amides is 1. The molecule has 1 N–H and O–H groups in total. The maximum absolute atomic E-state index is 12.4. The number of nitrogens with one attached hydrogen (secondary N) is 1. The van der Waals surface area contributed by atoms with Gasteiger partial charge in [-0.2, -0.15) is 0 Å². The zero-order chi connectivity index (χ0) is 16.4. The van der Waals surface area contributed by atoms with Crippen LogP contribution < -0.4 is 5.32 Å². The largest absolute Gasteiger partial charge is 0.344 e. The summed E-state index contributed by atoms with van der Waals surface area (Å²) in [5, 5.41) is 4.19. The number of carbonyl (C=O) groups is 1. The molecule has 0 bridgehead atoms. The van der Waals surface area contributed by atoms with E-state index in [1.165, 1.54) is 4.88 Å². The molecule has 1 amide bonds. The van der Waals surface area contributed by atoms with Crippen LogP contribution in [0.4, 0.5) is 0 Å². The van der Waals surface area contributed by atoms with Crippen LogP contribution in [0.15, 0.2) is 54.9 Å². The first kappa shape index (κ1) is 15.0. The van der Waals surface area contributed by atoms with Crippen molar-refractivity contribution in [3.05, 3.63) is 71.0 Å². The Morgan fingerprint density at radius 3 is 2.71 bits per heavy atom. The van der Waals surface area contributed by atoms with E-state index in [1.54, 1.807) is 35.9 Å². The van der Waals surface area contributed by atoms with E-state index in [9.17, 15) is 4.79 Å². The van der Waals surface area contributed by atoms with Gasteiger partial charge in [-0.1, -0.05) is 30.3 Å². The minimum absolute atomic E-state index is 0.0457. The van der Waals surface area contributed by atoms with Gasteiger partial charge < -0.3 is 5.32 Å². The lowest BCUT2D eigenvalue weighted by atomic mass is 9.98. The molecule has 2 heterocycles. The lowest BCUT2D eigenvalue weighted by Gasteiger charge is -2.22. The summed E-state index contributed by atoms with van der Waals surface area (Å²) in [4.78, 5) is 22.4. The summed E-state index contributed by atoms with van der Waals surface area (Å²) < 4.78 is 0. The van der Waals surface area contributed by atoms with E-state index < -0.39 is 0 Å². The molecule has 1 aromatic carbocycles. The summed E-state index contributed by atoms with van der Waals surface area (Å²) in [5.41, 5.74) is 2.91. The van der Waals surface area contributed by atoms with Crippen LogP contribution in [0.3, 0.4) is 0 Å². The van der Waals surface area contributed by atoms with Gasteiger partial charge in [-0.25, -0.2) is 4.98 Å². The number of thiazole rings is 1. The van der Waals surface area contributed by atoms with Crippen molar-refractivity contribution in [3.63, 3.8) is 0 Å². The van der Waals surface area contributed by atoms with Gasteiger partial charge in [0.1, 0.15) is 5.01 Å². The first-order valence-electron chi connectivity index (χ1n) is 8.07. The number of hydrogen-bond donors (Lipinski definition) is 1. The van der Waals surface area contributed by atoms with Gasteiger partial charge in [0, 0.05) is 23.5 Å². The number of aryl methyl sites for hydroxylation is 1. The Kier molecular flexibility index (Phi) is 4.09. The smallest absolute Gasteiger partial charge is 0.251 e. The molecule has 0 aliphatic heterocycles. The summed E-state index contributed by atoms with van der Waals surface area (Å²) in [6.45, 7) is 0. The van der Waals surface area contributed by atoms with Crippen LogP contribution in [0.2, 0.25) is 0 Å². The molecule has 3 aromatic rings. The van der Waals surface area contributed by atoms with E-state index in [0.29, 0.717) is 5.56 Å². The molecule has 0 unspecified atom stereocenters. The second-order valence-electron chi connectivity index (χ2n) is 5.85. The highest BCUT2D eigenvalue weighted by Crippen LogP contribution is 2.37. The van der Waals surface area contributed by atoms with Gasteiger partial charge in [0.2, 0.25) is 0 Å². The topological polar surface area (TPSA) is 54.9 Å². The summed E-state index contributed by atoms with van der Waals surface area (Å²) >= 11 is 1.70. The highest BCUT2D eigenvalue weighted by atomic mass is 32.1. The average Bonchev–Trinajstić information content (AvgIpc) is 3.08. The Morgan fingerprint density at radius 2 is 1.92 bits per heavy atom. The van der Waals surface area contributed by atoms with Gasteiger partial charge in [-0.3, -0.25) is 9.78 Å². The van der Waals surface area contributed by atoms with Gasteiger partial charge in [0.05, 0.1) is 16.6 Å². The molecule has 120 valence electrons. The molecule has 1 atom stereocenters. The second-order valence-corrected chi connectivity index (χ2v) is 6.88. The number of hydrogen-bond acceptors (Lipinski definition) is 4. The molecule has 2 aromatic heterocycles. The summed E-state index contributed by atoms with van der Waals surface area (Å²) in [6, 6.07) is 13.7. The fraction of sp³-hybridized carbons (Fsp3) is 0.211. The molecule has 0 saturated heterocycles. The summed E-state index contributed by atoms with van der Waals surface area (Å²) in [6.07, 6.45) is 6.27. The Morgan fingerprint density at radius 1 is 1.12 bits per heavy atom. The molecular formula is C19H17N3OS. The van der Waals surface area contributed by atoms with Crippen LogP contribution in [0.5, 0.6) is 0 Å². The molecule has 0 radical (unpaired) electrons. The third kappa shape index (κ3) is 2.95. The van der Waals surface area contributed by atoms with E-state index in [-0.39, 0.29) is 11.9 Å². The number of benzene rings is 1. The van der Waals surface area contributed by atoms with Crippen LogP contribution >= 0.6 is 11.3 Å². The van der Waals surface area contributed by atoms with Crippen LogP contribution in [0.1, 0.15) is 39.8 Å².